The van der Waals surface area contributed by atoms with Crippen LogP contribution in [0.15, 0.2) is 24.4 Å². The van der Waals surface area contributed by atoms with E-state index >= 15 is 0 Å². The van der Waals surface area contributed by atoms with Crippen LogP contribution in [0.2, 0.25) is 0 Å². The van der Waals surface area contributed by atoms with Gasteiger partial charge in [-0.1, -0.05) is 23.4 Å². The lowest BCUT2D eigenvalue weighted by Gasteiger charge is -2.21. The van der Waals surface area contributed by atoms with Gasteiger partial charge in [-0.3, -0.25) is 4.68 Å². The fourth-order valence-electron chi connectivity index (χ4n) is 2.97. The first kappa shape index (κ1) is 19.6. The van der Waals surface area contributed by atoms with Crippen molar-refractivity contribution in [1.29, 1.82) is 0 Å². The topological polar surface area (TPSA) is 80.4 Å². The van der Waals surface area contributed by atoms with Gasteiger partial charge in [-0.2, -0.15) is 0 Å². The van der Waals surface area contributed by atoms with E-state index < -0.39 is 6.29 Å². The van der Waals surface area contributed by atoms with E-state index in [4.69, 9.17) is 4.74 Å². The molecule has 0 fully saturated rings. The molecule has 1 aromatic heterocycles. The molecule has 0 bridgehead atoms. The second-order valence-electron chi connectivity index (χ2n) is 6.29. The summed E-state index contributed by atoms with van der Waals surface area (Å²) in [7, 11) is 0. The lowest BCUT2D eigenvalue weighted by Crippen LogP contribution is -2.17. The molecule has 2 atom stereocenters. The molecule has 0 aliphatic carbocycles. The number of aromatic nitrogens is 3. The second kappa shape index (κ2) is 9.65. The number of benzene rings is 1. The summed E-state index contributed by atoms with van der Waals surface area (Å²) in [6.45, 7) is 7.19. The summed E-state index contributed by atoms with van der Waals surface area (Å²) < 4.78 is 7.14. The number of ether oxygens (including phenoxy) is 1. The summed E-state index contributed by atoms with van der Waals surface area (Å²) in [6, 6.07) is 6.12. The van der Waals surface area contributed by atoms with Gasteiger partial charge in [0.15, 0.2) is 6.29 Å². The Labute approximate surface area is 149 Å². The molecule has 0 saturated heterocycles. The molecule has 1 heterocycles. The maximum atomic E-state index is 10.1. The summed E-state index contributed by atoms with van der Waals surface area (Å²) in [6.07, 6.45) is 3.31. The van der Waals surface area contributed by atoms with Gasteiger partial charge in [0, 0.05) is 25.8 Å². The molecule has 2 aromatic rings. The summed E-state index contributed by atoms with van der Waals surface area (Å²) >= 11 is 0. The molecular formula is C19H29N3O3. The molecule has 0 saturated carbocycles. The van der Waals surface area contributed by atoms with Crippen LogP contribution in [0.1, 0.15) is 55.0 Å². The molecule has 1 aromatic carbocycles. The molecule has 0 aliphatic heterocycles. The van der Waals surface area contributed by atoms with Gasteiger partial charge in [-0.15, -0.1) is 5.10 Å². The average molecular weight is 347 g/mol. The van der Waals surface area contributed by atoms with Gasteiger partial charge in [0.25, 0.3) is 0 Å². The fraction of sp³-hybridized carbons (Fsp3) is 0.579. The largest absolute Gasteiger partial charge is 0.392 e. The van der Waals surface area contributed by atoms with Gasteiger partial charge in [0.2, 0.25) is 0 Å². The van der Waals surface area contributed by atoms with Crippen molar-refractivity contribution in [3.05, 3.63) is 46.8 Å². The third kappa shape index (κ3) is 5.63. The predicted molar refractivity (Wildman–Crippen MR) is 96.1 cm³/mol. The molecule has 6 nitrogen and oxygen atoms in total. The molecule has 138 valence electrons. The summed E-state index contributed by atoms with van der Waals surface area (Å²) in [4.78, 5) is 0. The van der Waals surface area contributed by atoms with Gasteiger partial charge in [0.05, 0.1) is 12.3 Å². The van der Waals surface area contributed by atoms with Gasteiger partial charge < -0.3 is 14.9 Å². The van der Waals surface area contributed by atoms with Crippen LogP contribution in [0.3, 0.4) is 0 Å². The third-order valence-electron chi connectivity index (χ3n) is 4.52. The highest BCUT2D eigenvalue weighted by atomic mass is 16.6. The second-order valence-corrected chi connectivity index (χ2v) is 6.29. The lowest BCUT2D eigenvalue weighted by molar-refractivity contribution is -0.102. The molecule has 0 aliphatic rings. The Bertz CT molecular complexity index is 657. The normalized spacial score (nSPS) is 13.8. The molecule has 0 amide bonds. The quantitative estimate of drug-likeness (QED) is 0.646. The Morgan fingerprint density at radius 1 is 1.28 bits per heavy atom. The lowest BCUT2D eigenvalue weighted by atomic mass is 9.88. The summed E-state index contributed by atoms with van der Waals surface area (Å²) in [5.41, 5.74) is 4.05. The number of hydrogen-bond donors (Lipinski definition) is 2. The van der Waals surface area contributed by atoms with Crippen LogP contribution in [0, 0.1) is 6.92 Å². The van der Waals surface area contributed by atoms with E-state index in [0.29, 0.717) is 13.0 Å². The number of aliphatic hydroxyl groups is 2. The van der Waals surface area contributed by atoms with Crippen molar-refractivity contribution in [2.75, 3.05) is 6.61 Å². The highest BCUT2D eigenvalue weighted by Crippen LogP contribution is 2.28. The Morgan fingerprint density at radius 2 is 2.08 bits per heavy atom. The predicted octanol–water partition coefficient (Wildman–Crippen LogP) is 2.56. The van der Waals surface area contributed by atoms with E-state index in [-0.39, 0.29) is 12.5 Å². The number of hydrogen-bond acceptors (Lipinski definition) is 5. The van der Waals surface area contributed by atoms with E-state index in [1.54, 1.807) is 0 Å². The van der Waals surface area contributed by atoms with Crippen molar-refractivity contribution in [2.45, 2.75) is 65.4 Å². The van der Waals surface area contributed by atoms with Gasteiger partial charge in [-0.05, 0) is 56.2 Å². The van der Waals surface area contributed by atoms with E-state index in [0.717, 1.165) is 41.8 Å². The van der Waals surface area contributed by atoms with Gasteiger partial charge in [-0.25, -0.2) is 0 Å². The molecule has 2 unspecified atom stereocenters. The number of aliphatic hydroxyl groups excluding tert-OH is 2. The highest BCUT2D eigenvalue weighted by Gasteiger charge is 2.18. The van der Waals surface area contributed by atoms with Crippen molar-refractivity contribution in [2.24, 2.45) is 0 Å². The van der Waals surface area contributed by atoms with Gasteiger partial charge >= 0.3 is 0 Å². The number of aryl methyl sites for hydroxylation is 3. The highest BCUT2D eigenvalue weighted by molar-refractivity contribution is 5.32. The minimum Gasteiger partial charge on any atom is -0.392 e. The zero-order chi connectivity index (χ0) is 18.2. The van der Waals surface area contributed by atoms with Crippen molar-refractivity contribution < 1.29 is 14.9 Å². The van der Waals surface area contributed by atoms with E-state index in [9.17, 15) is 10.2 Å². The maximum Gasteiger partial charge on any atom is 0.155 e. The van der Waals surface area contributed by atoms with Crippen molar-refractivity contribution >= 4 is 0 Å². The molecule has 0 radical (unpaired) electrons. The zero-order valence-electron chi connectivity index (χ0n) is 15.4. The molecule has 25 heavy (non-hydrogen) atoms. The third-order valence-corrected chi connectivity index (χ3v) is 4.52. The standard InChI is InChI=1S/C19H29N3O3/c1-4-22-12-18(20-21-22)9-8-16(11-19(24)25-5-2)15-7-6-14(3)17(10-15)13-23/h6-7,10,12,16,19,23-24H,4-5,8-9,11,13H2,1-3H3. The molecule has 2 rings (SSSR count). The summed E-state index contributed by atoms with van der Waals surface area (Å²) in [5, 5.41) is 27.9. The average Bonchev–Trinajstić information content (AvgIpc) is 3.07. The van der Waals surface area contributed by atoms with E-state index in [1.165, 1.54) is 0 Å². The van der Waals surface area contributed by atoms with Crippen molar-refractivity contribution in [3.8, 4) is 0 Å². The zero-order valence-corrected chi connectivity index (χ0v) is 15.4. The van der Waals surface area contributed by atoms with Crippen molar-refractivity contribution in [1.82, 2.24) is 15.0 Å². The number of rotatable bonds is 10. The van der Waals surface area contributed by atoms with Crippen LogP contribution in [0.4, 0.5) is 0 Å². The minimum atomic E-state index is -0.791. The summed E-state index contributed by atoms with van der Waals surface area (Å²) in [5.74, 6) is 0.124. The smallest absolute Gasteiger partial charge is 0.155 e. The minimum absolute atomic E-state index is 0.0191. The molecule has 2 N–H and O–H groups in total. The van der Waals surface area contributed by atoms with Crippen LogP contribution in [-0.2, 0) is 24.3 Å². The SMILES string of the molecule is CCOC(O)CC(CCc1cn(CC)nn1)c1ccc(C)c(CO)c1. The van der Waals surface area contributed by atoms with Crippen LogP contribution >= 0.6 is 0 Å². The van der Waals surface area contributed by atoms with Crippen LogP contribution in [-0.4, -0.2) is 38.1 Å². The number of nitrogens with zero attached hydrogens (tertiary/aromatic N) is 3. The van der Waals surface area contributed by atoms with E-state index in [2.05, 4.69) is 16.4 Å². The molecule has 6 heteroatoms. The Balaban J connectivity index is 2.14. The van der Waals surface area contributed by atoms with Crippen LogP contribution in [0.5, 0.6) is 0 Å². The molecular weight excluding hydrogens is 318 g/mol. The fourth-order valence-corrected chi connectivity index (χ4v) is 2.97. The van der Waals surface area contributed by atoms with Crippen molar-refractivity contribution in [3.63, 3.8) is 0 Å². The van der Waals surface area contributed by atoms with Crippen LogP contribution < -0.4 is 0 Å². The Hall–Kier alpha value is -1.76. The Kier molecular flexibility index (Phi) is 7.55. The van der Waals surface area contributed by atoms with E-state index in [1.807, 2.05) is 43.8 Å². The first-order valence-corrected chi connectivity index (χ1v) is 8.96. The Morgan fingerprint density at radius 3 is 2.72 bits per heavy atom. The first-order valence-electron chi connectivity index (χ1n) is 8.96. The van der Waals surface area contributed by atoms with Crippen LogP contribution in [0.25, 0.3) is 0 Å². The molecule has 0 spiro atoms. The first-order chi connectivity index (χ1) is 12.1. The monoisotopic (exact) mass is 347 g/mol. The maximum absolute atomic E-state index is 10.1. The van der Waals surface area contributed by atoms with Gasteiger partial charge in [0.1, 0.15) is 0 Å².